The minimum atomic E-state index is 0.489. The van der Waals surface area contributed by atoms with E-state index in [1.165, 1.54) is 0 Å². The Labute approximate surface area is 77.1 Å². The quantitative estimate of drug-likeness (QED) is 0.788. The van der Waals surface area contributed by atoms with E-state index in [-0.39, 0.29) is 0 Å². The van der Waals surface area contributed by atoms with Gasteiger partial charge in [0.15, 0.2) is 5.15 Å². The van der Waals surface area contributed by atoms with E-state index in [0.717, 1.165) is 25.1 Å². The molecule has 1 aromatic rings. The normalized spacial score (nSPS) is 10.2. The maximum absolute atomic E-state index is 5.78. The highest BCUT2D eigenvalue weighted by atomic mass is 35.5. The molecule has 3 nitrogen and oxygen atoms in total. The molecular weight excluding hydrogens is 176 g/mol. The summed E-state index contributed by atoms with van der Waals surface area (Å²) in [4.78, 5) is 7.12. The van der Waals surface area contributed by atoms with Crippen molar-refractivity contribution in [2.75, 3.05) is 7.11 Å². The van der Waals surface area contributed by atoms with E-state index in [9.17, 15) is 0 Å². The second-order valence-electron chi connectivity index (χ2n) is 2.61. The van der Waals surface area contributed by atoms with Crippen LogP contribution in [0.15, 0.2) is 0 Å². The van der Waals surface area contributed by atoms with E-state index in [0.29, 0.717) is 11.0 Å². The first-order valence-corrected chi connectivity index (χ1v) is 4.44. The number of unbranched alkanes of at least 4 members (excludes halogenated alkanes) is 1. The van der Waals surface area contributed by atoms with E-state index < -0.39 is 0 Å². The van der Waals surface area contributed by atoms with Gasteiger partial charge in [0.2, 0.25) is 0 Å². The lowest BCUT2D eigenvalue weighted by molar-refractivity contribution is 0.399. The van der Waals surface area contributed by atoms with Gasteiger partial charge in [0.1, 0.15) is 5.82 Å². The SMILES string of the molecule is CCCCc1nc(OC)c(Cl)[nH]1. The van der Waals surface area contributed by atoms with Gasteiger partial charge in [-0.1, -0.05) is 24.9 Å². The first-order chi connectivity index (χ1) is 5.77. The molecule has 0 saturated heterocycles. The van der Waals surface area contributed by atoms with Crippen LogP contribution < -0.4 is 4.74 Å². The molecule has 4 heteroatoms. The number of aromatic amines is 1. The molecule has 0 spiro atoms. The van der Waals surface area contributed by atoms with Crippen LogP contribution in [0.25, 0.3) is 0 Å². The summed E-state index contributed by atoms with van der Waals surface area (Å²) in [5.41, 5.74) is 0. The van der Waals surface area contributed by atoms with E-state index in [1.807, 2.05) is 0 Å². The van der Waals surface area contributed by atoms with E-state index in [1.54, 1.807) is 7.11 Å². The van der Waals surface area contributed by atoms with Gasteiger partial charge in [-0.25, -0.2) is 0 Å². The van der Waals surface area contributed by atoms with Crippen LogP contribution in [0.2, 0.25) is 5.15 Å². The molecule has 0 bridgehead atoms. The number of hydrogen-bond acceptors (Lipinski definition) is 2. The molecule has 0 radical (unpaired) electrons. The van der Waals surface area contributed by atoms with Crippen molar-refractivity contribution >= 4 is 11.6 Å². The molecule has 0 aliphatic carbocycles. The van der Waals surface area contributed by atoms with Gasteiger partial charge < -0.3 is 9.72 Å². The van der Waals surface area contributed by atoms with Crippen molar-refractivity contribution in [2.24, 2.45) is 0 Å². The van der Waals surface area contributed by atoms with Crippen LogP contribution in [0.4, 0.5) is 0 Å². The number of aromatic nitrogens is 2. The van der Waals surface area contributed by atoms with Crippen molar-refractivity contribution in [3.63, 3.8) is 0 Å². The number of methoxy groups -OCH3 is 1. The summed E-state index contributed by atoms with van der Waals surface area (Å²) >= 11 is 5.78. The van der Waals surface area contributed by atoms with Crippen LogP contribution in [0.3, 0.4) is 0 Å². The summed E-state index contributed by atoms with van der Waals surface area (Å²) < 4.78 is 4.93. The van der Waals surface area contributed by atoms with Gasteiger partial charge in [-0.05, 0) is 6.42 Å². The number of hydrogen-bond donors (Lipinski definition) is 1. The molecule has 0 saturated carbocycles. The molecule has 68 valence electrons. The van der Waals surface area contributed by atoms with E-state index >= 15 is 0 Å². The summed E-state index contributed by atoms with van der Waals surface area (Å²) in [7, 11) is 1.56. The zero-order valence-electron chi connectivity index (χ0n) is 7.35. The Morgan fingerprint density at radius 2 is 2.33 bits per heavy atom. The average Bonchev–Trinajstić information content (AvgIpc) is 2.43. The van der Waals surface area contributed by atoms with Crippen molar-refractivity contribution < 1.29 is 4.74 Å². The van der Waals surface area contributed by atoms with E-state index in [4.69, 9.17) is 16.3 Å². The molecule has 12 heavy (non-hydrogen) atoms. The smallest absolute Gasteiger partial charge is 0.251 e. The molecule has 0 unspecified atom stereocenters. The second-order valence-corrected chi connectivity index (χ2v) is 2.99. The number of halogens is 1. The van der Waals surface area contributed by atoms with Crippen LogP contribution in [0, 0.1) is 0 Å². The maximum Gasteiger partial charge on any atom is 0.251 e. The second kappa shape index (κ2) is 4.36. The molecule has 1 aromatic heterocycles. The van der Waals surface area contributed by atoms with Crippen LogP contribution in [0.1, 0.15) is 25.6 Å². The molecule has 0 fully saturated rings. The number of aryl methyl sites for hydroxylation is 1. The Balaban J connectivity index is 2.62. The van der Waals surface area contributed by atoms with Gasteiger partial charge in [0.05, 0.1) is 7.11 Å². The first-order valence-electron chi connectivity index (χ1n) is 4.06. The largest absolute Gasteiger partial charge is 0.479 e. The third-order valence-corrected chi connectivity index (χ3v) is 1.89. The number of H-pyrrole nitrogens is 1. The number of rotatable bonds is 4. The fourth-order valence-electron chi connectivity index (χ4n) is 0.978. The fraction of sp³-hybridized carbons (Fsp3) is 0.625. The Hall–Kier alpha value is -0.700. The fourth-order valence-corrected chi connectivity index (χ4v) is 1.21. The highest BCUT2D eigenvalue weighted by Crippen LogP contribution is 2.20. The summed E-state index contributed by atoms with van der Waals surface area (Å²) in [6, 6.07) is 0. The zero-order chi connectivity index (χ0) is 8.97. The van der Waals surface area contributed by atoms with Gasteiger partial charge in [-0.15, -0.1) is 0 Å². The maximum atomic E-state index is 5.78. The van der Waals surface area contributed by atoms with Gasteiger partial charge in [-0.2, -0.15) is 4.98 Å². The first kappa shape index (κ1) is 9.39. The standard InChI is InChI=1S/C8H13ClN2O/c1-3-4-5-6-10-7(9)8(11-6)12-2/h3-5H2,1-2H3,(H,10,11). The van der Waals surface area contributed by atoms with Gasteiger partial charge in [-0.3, -0.25) is 0 Å². The molecular formula is C8H13ClN2O. The lowest BCUT2D eigenvalue weighted by Gasteiger charge is -1.91. The average molecular weight is 189 g/mol. The summed E-state index contributed by atoms with van der Waals surface area (Å²) in [5.74, 6) is 1.39. The Kier molecular flexibility index (Phi) is 3.41. The third-order valence-electron chi connectivity index (χ3n) is 1.64. The Bertz CT molecular complexity index is 247. The van der Waals surface area contributed by atoms with Gasteiger partial charge in [0, 0.05) is 6.42 Å². The monoisotopic (exact) mass is 188 g/mol. The molecule has 0 atom stereocenters. The molecule has 0 aromatic carbocycles. The van der Waals surface area contributed by atoms with Crippen LogP contribution >= 0.6 is 11.6 Å². The summed E-state index contributed by atoms with van der Waals surface area (Å²) in [5, 5.41) is 0.489. The van der Waals surface area contributed by atoms with E-state index in [2.05, 4.69) is 16.9 Å². The highest BCUT2D eigenvalue weighted by Gasteiger charge is 2.06. The summed E-state index contributed by atoms with van der Waals surface area (Å²) in [6.45, 7) is 2.14. The van der Waals surface area contributed by atoms with Crippen molar-refractivity contribution in [3.8, 4) is 5.88 Å². The topological polar surface area (TPSA) is 37.9 Å². The number of nitrogens with zero attached hydrogens (tertiary/aromatic N) is 1. The van der Waals surface area contributed by atoms with Gasteiger partial charge in [0.25, 0.3) is 5.88 Å². The molecule has 1 heterocycles. The predicted octanol–water partition coefficient (Wildman–Crippen LogP) is 2.41. The molecule has 1 N–H and O–H groups in total. The van der Waals surface area contributed by atoms with Crippen LogP contribution in [-0.2, 0) is 6.42 Å². The Morgan fingerprint density at radius 3 is 2.83 bits per heavy atom. The predicted molar refractivity (Wildman–Crippen MR) is 48.8 cm³/mol. The number of imidazole rings is 1. The van der Waals surface area contributed by atoms with Crippen LogP contribution in [0.5, 0.6) is 5.88 Å². The highest BCUT2D eigenvalue weighted by molar-refractivity contribution is 6.30. The Morgan fingerprint density at radius 1 is 1.58 bits per heavy atom. The summed E-state index contributed by atoms with van der Waals surface area (Å²) in [6.07, 6.45) is 3.20. The van der Waals surface area contributed by atoms with Gasteiger partial charge >= 0.3 is 0 Å². The molecule has 1 rings (SSSR count). The zero-order valence-corrected chi connectivity index (χ0v) is 8.11. The lowest BCUT2D eigenvalue weighted by Crippen LogP contribution is -1.87. The minimum Gasteiger partial charge on any atom is -0.479 e. The van der Waals surface area contributed by atoms with Crippen LogP contribution in [-0.4, -0.2) is 17.1 Å². The number of ether oxygens (including phenoxy) is 1. The van der Waals surface area contributed by atoms with Crippen molar-refractivity contribution in [1.29, 1.82) is 0 Å². The van der Waals surface area contributed by atoms with Crippen molar-refractivity contribution in [1.82, 2.24) is 9.97 Å². The molecule has 0 aliphatic heterocycles. The van der Waals surface area contributed by atoms with Crippen molar-refractivity contribution in [3.05, 3.63) is 11.0 Å². The lowest BCUT2D eigenvalue weighted by atomic mass is 10.2. The number of nitrogens with one attached hydrogen (secondary N) is 1. The third kappa shape index (κ3) is 2.14. The minimum absolute atomic E-state index is 0.489. The van der Waals surface area contributed by atoms with Crippen molar-refractivity contribution in [2.45, 2.75) is 26.2 Å². The molecule has 0 amide bonds. The molecule has 0 aliphatic rings.